The Bertz CT molecular complexity index is 877. The average Bonchev–Trinajstić information content (AvgIpc) is 2.79. The fourth-order valence-corrected chi connectivity index (χ4v) is 3.63. The van der Waals surface area contributed by atoms with Gasteiger partial charge in [0.05, 0.1) is 13.2 Å². The molecule has 0 bridgehead atoms. The Balaban J connectivity index is 1.36. The Morgan fingerprint density at radius 1 is 0.900 bits per heavy atom. The Morgan fingerprint density at radius 2 is 1.57 bits per heavy atom. The molecule has 0 N–H and O–H groups in total. The van der Waals surface area contributed by atoms with E-state index in [0.29, 0.717) is 45.0 Å². The topological polar surface area (TPSA) is 61.8 Å². The lowest BCUT2D eigenvalue weighted by molar-refractivity contribution is -0.141. The number of halogens is 3. The van der Waals surface area contributed by atoms with Crippen LogP contribution in [-0.4, -0.2) is 73.3 Å². The largest absolute Gasteiger partial charge is 0.433 e. The van der Waals surface area contributed by atoms with Crippen molar-refractivity contribution in [2.24, 2.45) is 0 Å². The number of nitrogens with zero attached hydrogens (tertiary/aromatic N) is 5. The van der Waals surface area contributed by atoms with Gasteiger partial charge in [0.15, 0.2) is 0 Å². The van der Waals surface area contributed by atoms with Gasteiger partial charge in [-0.2, -0.15) is 13.2 Å². The summed E-state index contributed by atoms with van der Waals surface area (Å²) in [5.74, 6) is 0.140. The van der Waals surface area contributed by atoms with E-state index in [0.717, 1.165) is 31.2 Å². The SMILES string of the molecule is O=C(c1ccc(N2CCOCC2)cc1)N1CCN(c2cc(C(F)(F)F)ncn2)CC1. The van der Waals surface area contributed by atoms with Gasteiger partial charge in [-0.3, -0.25) is 4.79 Å². The van der Waals surface area contributed by atoms with Crippen molar-refractivity contribution in [2.45, 2.75) is 6.18 Å². The normalized spacial score (nSPS) is 17.9. The van der Waals surface area contributed by atoms with Crippen molar-refractivity contribution in [1.29, 1.82) is 0 Å². The van der Waals surface area contributed by atoms with Crippen LogP contribution in [0.4, 0.5) is 24.7 Å². The maximum absolute atomic E-state index is 12.9. The molecule has 0 atom stereocenters. The van der Waals surface area contributed by atoms with Gasteiger partial charge in [-0.05, 0) is 24.3 Å². The fraction of sp³-hybridized carbons (Fsp3) is 0.450. The highest BCUT2D eigenvalue weighted by Gasteiger charge is 2.33. The number of alkyl halides is 3. The summed E-state index contributed by atoms with van der Waals surface area (Å²) in [6, 6.07) is 8.46. The highest BCUT2D eigenvalue weighted by atomic mass is 19.4. The highest BCUT2D eigenvalue weighted by Crippen LogP contribution is 2.29. The molecule has 0 spiro atoms. The number of amides is 1. The minimum atomic E-state index is -4.51. The molecule has 0 unspecified atom stereocenters. The first kappa shape index (κ1) is 20.4. The molecule has 7 nitrogen and oxygen atoms in total. The number of ether oxygens (including phenoxy) is 1. The maximum Gasteiger partial charge on any atom is 0.433 e. The molecule has 3 heterocycles. The molecule has 4 rings (SSSR count). The summed E-state index contributed by atoms with van der Waals surface area (Å²) >= 11 is 0. The molecule has 0 saturated carbocycles. The summed E-state index contributed by atoms with van der Waals surface area (Å²) < 4.78 is 44.0. The molecule has 2 fully saturated rings. The smallest absolute Gasteiger partial charge is 0.378 e. The number of carbonyl (C=O) groups excluding carboxylic acids is 1. The van der Waals surface area contributed by atoms with Gasteiger partial charge in [0.25, 0.3) is 5.91 Å². The fourth-order valence-electron chi connectivity index (χ4n) is 3.63. The quantitative estimate of drug-likeness (QED) is 0.758. The summed E-state index contributed by atoms with van der Waals surface area (Å²) in [6.07, 6.45) is -3.59. The highest BCUT2D eigenvalue weighted by molar-refractivity contribution is 5.94. The Morgan fingerprint density at radius 3 is 2.20 bits per heavy atom. The summed E-state index contributed by atoms with van der Waals surface area (Å²) in [7, 11) is 0. The summed E-state index contributed by atoms with van der Waals surface area (Å²) in [6.45, 7) is 4.69. The van der Waals surface area contributed by atoms with Crippen LogP contribution in [0.1, 0.15) is 16.1 Å². The van der Waals surface area contributed by atoms with E-state index in [1.165, 1.54) is 0 Å². The number of hydrogen-bond donors (Lipinski definition) is 0. The van der Waals surface area contributed by atoms with Crippen LogP contribution in [-0.2, 0) is 10.9 Å². The van der Waals surface area contributed by atoms with Crippen LogP contribution in [0.3, 0.4) is 0 Å². The van der Waals surface area contributed by atoms with Gasteiger partial charge in [0.2, 0.25) is 0 Å². The molecule has 10 heteroatoms. The standard InChI is InChI=1S/C20H22F3N5O2/c21-20(22,23)17-13-18(25-14-24-17)27-5-7-28(8-6-27)19(29)15-1-3-16(4-2-15)26-9-11-30-12-10-26/h1-4,13-14H,5-12H2. The zero-order chi connectivity index (χ0) is 21.1. The van der Waals surface area contributed by atoms with Gasteiger partial charge in [0.1, 0.15) is 17.8 Å². The lowest BCUT2D eigenvalue weighted by Crippen LogP contribution is -2.49. The molecule has 0 radical (unpaired) electrons. The summed E-state index contributed by atoms with van der Waals surface area (Å²) in [5.41, 5.74) is 0.692. The zero-order valence-corrected chi connectivity index (χ0v) is 16.3. The van der Waals surface area contributed by atoms with E-state index >= 15 is 0 Å². The molecule has 1 amide bonds. The Hall–Kier alpha value is -2.88. The monoisotopic (exact) mass is 421 g/mol. The van der Waals surface area contributed by atoms with Crippen LogP contribution in [0.2, 0.25) is 0 Å². The van der Waals surface area contributed by atoms with Crippen LogP contribution in [0.25, 0.3) is 0 Å². The maximum atomic E-state index is 12.9. The molecule has 2 aliphatic rings. The number of morpholine rings is 1. The second-order valence-corrected chi connectivity index (χ2v) is 7.18. The molecule has 2 aromatic rings. The van der Waals surface area contributed by atoms with Gasteiger partial charge in [-0.1, -0.05) is 0 Å². The number of piperazine rings is 1. The van der Waals surface area contributed by atoms with E-state index in [1.807, 2.05) is 24.3 Å². The van der Waals surface area contributed by atoms with Crippen molar-refractivity contribution in [2.75, 3.05) is 62.3 Å². The molecular weight excluding hydrogens is 399 g/mol. The molecular formula is C20H22F3N5O2. The first-order valence-corrected chi connectivity index (χ1v) is 9.78. The van der Waals surface area contributed by atoms with Crippen molar-refractivity contribution in [3.8, 4) is 0 Å². The van der Waals surface area contributed by atoms with E-state index in [1.54, 1.807) is 9.80 Å². The van der Waals surface area contributed by atoms with Crippen LogP contribution in [0.5, 0.6) is 0 Å². The summed E-state index contributed by atoms with van der Waals surface area (Å²) in [4.78, 5) is 25.7. The van der Waals surface area contributed by atoms with Gasteiger partial charge >= 0.3 is 6.18 Å². The van der Waals surface area contributed by atoms with E-state index in [2.05, 4.69) is 14.9 Å². The van der Waals surface area contributed by atoms with Crippen molar-refractivity contribution < 1.29 is 22.7 Å². The molecule has 2 aliphatic heterocycles. The lowest BCUT2D eigenvalue weighted by atomic mass is 10.1. The van der Waals surface area contributed by atoms with Crippen molar-refractivity contribution >= 4 is 17.4 Å². The Labute approximate surface area is 172 Å². The van der Waals surface area contributed by atoms with Gasteiger partial charge in [-0.15, -0.1) is 0 Å². The van der Waals surface area contributed by atoms with Crippen molar-refractivity contribution in [1.82, 2.24) is 14.9 Å². The first-order valence-electron chi connectivity index (χ1n) is 9.78. The molecule has 2 saturated heterocycles. The predicted molar refractivity (Wildman–Crippen MR) is 105 cm³/mol. The predicted octanol–water partition coefficient (Wildman–Crippen LogP) is 2.29. The number of anilines is 2. The number of aromatic nitrogens is 2. The lowest BCUT2D eigenvalue weighted by Gasteiger charge is -2.35. The average molecular weight is 421 g/mol. The minimum Gasteiger partial charge on any atom is -0.378 e. The van der Waals surface area contributed by atoms with E-state index < -0.39 is 11.9 Å². The molecule has 30 heavy (non-hydrogen) atoms. The van der Waals surface area contributed by atoms with Crippen molar-refractivity contribution in [3.05, 3.63) is 47.9 Å². The van der Waals surface area contributed by atoms with Crippen LogP contribution < -0.4 is 9.80 Å². The Kier molecular flexibility index (Phi) is 5.76. The van der Waals surface area contributed by atoms with E-state index in [9.17, 15) is 18.0 Å². The van der Waals surface area contributed by atoms with Crippen LogP contribution in [0.15, 0.2) is 36.7 Å². The van der Waals surface area contributed by atoms with Crippen molar-refractivity contribution in [3.63, 3.8) is 0 Å². The minimum absolute atomic E-state index is 0.0816. The molecule has 0 aliphatic carbocycles. The van der Waals surface area contributed by atoms with Crippen LogP contribution in [0, 0.1) is 0 Å². The first-order chi connectivity index (χ1) is 14.4. The van der Waals surface area contributed by atoms with Gasteiger partial charge in [0, 0.05) is 56.6 Å². The molecule has 160 valence electrons. The molecule has 1 aromatic heterocycles. The van der Waals surface area contributed by atoms with Gasteiger partial charge in [-0.25, -0.2) is 9.97 Å². The second-order valence-electron chi connectivity index (χ2n) is 7.18. The third kappa shape index (κ3) is 4.48. The zero-order valence-electron chi connectivity index (χ0n) is 16.3. The second kappa shape index (κ2) is 8.47. The number of benzene rings is 1. The van der Waals surface area contributed by atoms with Gasteiger partial charge < -0.3 is 19.4 Å². The van der Waals surface area contributed by atoms with Crippen LogP contribution >= 0.6 is 0 Å². The third-order valence-corrected chi connectivity index (χ3v) is 5.32. The van der Waals surface area contributed by atoms with E-state index in [-0.39, 0.29) is 11.7 Å². The van der Waals surface area contributed by atoms with E-state index in [4.69, 9.17) is 4.74 Å². The number of hydrogen-bond acceptors (Lipinski definition) is 6. The summed E-state index contributed by atoms with van der Waals surface area (Å²) in [5, 5.41) is 0. The molecule has 1 aromatic carbocycles. The number of carbonyl (C=O) groups is 1. The third-order valence-electron chi connectivity index (χ3n) is 5.32. The number of rotatable bonds is 3.